The van der Waals surface area contributed by atoms with Crippen molar-refractivity contribution in [3.63, 3.8) is 0 Å². The van der Waals surface area contributed by atoms with E-state index < -0.39 is 10.0 Å². The molecule has 0 atom stereocenters. The van der Waals surface area contributed by atoms with Crippen LogP contribution in [-0.4, -0.2) is 13.4 Å². The van der Waals surface area contributed by atoms with Crippen molar-refractivity contribution in [1.82, 2.24) is 4.98 Å². The van der Waals surface area contributed by atoms with Crippen LogP contribution in [-0.2, 0) is 16.6 Å². The first-order valence-electron chi connectivity index (χ1n) is 4.13. The van der Waals surface area contributed by atoms with Crippen LogP contribution in [0.1, 0.15) is 5.89 Å². The Balaban J connectivity index is 2.66. The van der Waals surface area contributed by atoms with Gasteiger partial charge in [-0.3, -0.25) is 0 Å². The lowest BCUT2D eigenvalue weighted by molar-refractivity contribution is 0.533. The number of fused-ring (bicyclic) bond motifs is 1. The summed E-state index contributed by atoms with van der Waals surface area (Å²) in [5, 5.41) is 4.98. The zero-order chi connectivity index (χ0) is 11.1. The summed E-state index contributed by atoms with van der Waals surface area (Å²) in [7, 11) is -3.70. The number of oxazole rings is 1. The van der Waals surface area contributed by atoms with Gasteiger partial charge in [0.15, 0.2) is 5.58 Å². The van der Waals surface area contributed by atoms with Gasteiger partial charge in [0, 0.05) is 0 Å². The Hall–Kier alpha value is -1.44. The van der Waals surface area contributed by atoms with E-state index in [0.717, 1.165) is 0 Å². The molecule has 2 aromatic rings. The van der Waals surface area contributed by atoms with Crippen molar-refractivity contribution in [2.75, 3.05) is 0 Å². The third-order valence-corrected chi connectivity index (χ3v) is 2.82. The number of sulfonamides is 1. The molecule has 7 heteroatoms. The van der Waals surface area contributed by atoms with Gasteiger partial charge in [0.25, 0.3) is 0 Å². The molecule has 0 saturated carbocycles. The zero-order valence-electron chi connectivity index (χ0n) is 7.67. The zero-order valence-corrected chi connectivity index (χ0v) is 8.49. The van der Waals surface area contributed by atoms with Crippen molar-refractivity contribution in [2.24, 2.45) is 10.9 Å². The summed E-state index contributed by atoms with van der Waals surface area (Å²) in [6.07, 6.45) is 0. The summed E-state index contributed by atoms with van der Waals surface area (Å²) in [6.45, 7) is 0.166. The summed E-state index contributed by atoms with van der Waals surface area (Å²) in [6, 6.07) is 4.22. The van der Waals surface area contributed by atoms with E-state index in [1.807, 2.05) is 0 Å². The van der Waals surface area contributed by atoms with Gasteiger partial charge in [-0.25, -0.2) is 18.5 Å². The molecule has 15 heavy (non-hydrogen) atoms. The Morgan fingerprint density at radius 2 is 2.13 bits per heavy atom. The molecule has 0 aliphatic rings. The lowest BCUT2D eigenvalue weighted by Gasteiger charge is -1.95. The molecule has 1 aromatic carbocycles. The number of rotatable bonds is 2. The summed E-state index contributed by atoms with van der Waals surface area (Å²) in [5.41, 5.74) is 6.26. The van der Waals surface area contributed by atoms with Crippen molar-refractivity contribution >= 4 is 21.1 Å². The minimum Gasteiger partial charge on any atom is -0.439 e. The van der Waals surface area contributed by atoms with E-state index in [2.05, 4.69) is 4.98 Å². The second kappa shape index (κ2) is 3.30. The van der Waals surface area contributed by atoms with Gasteiger partial charge >= 0.3 is 0 Å². The van der Waals surface area contributed by atoms with E-state index in [0.29, 0.717) is 17.0 Å². The number of benzene rings is 1. The summed E-state index contributed by atoms with van der Waals surface area (Å²) in [4.78, 5) is 4.00. The van der Waals surface area contributed by atoms with Gasteiger partial charge in [-0.05, 0) is 18.2 Å². The molecule has 0 amide bonds. The Kier molecular flexibility index (Phi) is 2.22. The monoisotopic (exact) mass is 227 g/mol. The second-order valence-electron chi connectivity index (χ2n) is 2.99. The Bertz CT molecular complexity index is 603. The van der Waals surface area contributed by atoms with Crippen LogP contribution in [0.4, 0.5) is 0 Å². The molecule has 0 saturated heterocycles. The molecule has 0 aliphatic heterocycles. The highest BCUT2D eigenvalue weighted by molar-refractivity contribution is 7.89. The van der Waals surface area contributed by atoms with Gasteiger partial charge in [-0.15, -0.1) is 0 Å². The van der Waals surface area contributed by atoms with Crippen LogP contribution in [0.25, 0.3) is 11.1 Å². The standard InChI is InChI=1S/C8H9N3O3S/c9-4-8-11-6-3-5(15(10,12)13)1-2-7(6)14-8/h1-3H,4,9H2,(H2,10,12,13). The summed E-state index contributed by atoms with van der Waals surface area (Å²) in [5.74, 6) is 0.358. The summed E-state index contributed by atoms with van der Waals surface area (Å²) >= 11 is 0. The van der Waals surface area contributed by atoms with Crippen molar-refractivity contribution in [2.45, 2.75) is 11.4 Å². The maximum atomic E-state index is 11.0. The predicted octanol–water partition coefficient (Wildman–Crippen LogP) is -0.0661. The van der Waals surface area contributed by atoms with Crippen LogP contribution in [0, 0.1) is 0 Å². The van der Waals surface area contributed by atoms with Crippen molar-refractivity contribution in [3.8, 4) is 0 Å². The van der Waals surface area contributed by atoms with Crippen molar-refractivity contribution in [3.05, 3.63) is 24.1 Å². The highest BCUT2D eigenvalue weighted by Gasteiger charge is 2.11. The molecule has 0 unspecified atom stereocenters. The number of aromatic nitrogens is 1. The smallest absolute Gasteiger partial charge is 0.238 e. The largest absolute Gasteiger partial charge is 0.439 e. The first kappa shape index (κ1) is 10.1. The Morgan fingerprint density at radius 1 is 1.40 bits per heavy atom. The molecule has 0 aliphatic carbocycles. The average Bonchev–Trinajstić information content (AvgIpc) is 2.57. The molecule has 0 spiro atoms. The van der Waals surface area contributed by atoms with Gasteiger partial charge in [0.2, 0.25) is 15.9 Å². The van der Waals surface area contributed by atoms with Crippen LogP contribution in [0.2, 0.25) is 0 Å². The molecular weight excluding hydrogens is 218 g/mol. The maximum Gasteiger partial charge on any atom is 0.238 e. The van der Waals surface area contributed by atoms with Crippen molar-refractivity contribution in [1.29, 1.82) is 0 Å². The number of nitrogens with two attached hydrogens (primary N) is 2. The normalized spacial score (nSPS) is 12.1. The molecule has 4 N–H and O–H groups in total. The van der Waals surface area contributed by atoms with Crippen LogP contribution >= 0.6 is 0 Å². The number of hydrogen-bond acceptors (Lipinski definition) is 5. The lowest BCUT2D eigenvalue weighted by Crippen LogP contribution is -2.11. The van der Waals surface area contributed by atoms with E-state index in [1.165, 1.54) is 18.2 Å². The van der Waals surface area contributed by atoms with Crippen LogP contribution < -0.4 is 10.9 Å². The Morgan fingerprint density at radius 3 is 2.73 bits per heavy atom. The second-order valence-corrected chi connectivity index (χ2v) is 4.55. The van der Waals surface area contributed by atoms with E-state index in [4.69, 9.17) is 15.3 Å². The quantitative estimate of drug-likeness (QED) is 0.745. The molecule has 0 radical (unpaired) electrons. The first-order valence-corrected chi connectivity index (χ1v) is 5.67. The highest BCUT2D eigenvalue weighted by atomic mass is 32.2. The molecule has 2 rings (SSSR count). The first-order chi connectivity index (χ1) is 7.00. The lowest BCUT2D eigenvalue weighted by atomic mass is 10.3. The van der Waals surface area contributed by atoms with Gasteiger partial charge in [-0.1, -0.05) is 0 Å². The van der Waals surface area contributed by atoms with Crippen LogP contribution in [0.5, 0.6) is 0 Å². The van der Waals surface area contributed by atoms with E-state index >= 15 is 0 Å². The van der Waals surface area contributed by atoms with Gasteiger partial charge in [0.1, 0.15) is 5.52 Å². The highest BCUT2D eigenvalue weighted by Crippen LogP contribution is 2.18. The third-order valence-electron chi connectivity index (χ3n) is 1.91. The number of hydrogen-bond donors (Lipinski definition) is 2. The molecule has 0 fully saturated rings. The fourth-order valence-corrected chi connectivity index (χ4v) is 1.75. The molecule has 6 nitrogen and oxygen atoms in total. The molecular formula is C8H9N3O3S. The average molecular weight is 227 g/mol. The van der Waals surface area contributed by atoms with Crippen LogP contribution in [0.3, 0.4) is 0 Å². The topological polar surface area (TPSA) is 112 Å². The molecule has 1 heterocycles. The minimum absolute atomic E-state index is 0.00636. The van der Waals surface area contributed by atoms with Crippen LogP contribution in [0.15, 0.2) is 27.5 Å². The molecule has 80 valence electrons. The van der Waals surface area contributed by atoms with Gasteiger partial charge in [0.05, 0.1) is 11.4 Å². The fraction of sp³-hybridized carbons (Fsp3) is 0.125. The van der Waals surface area contributed by atoms with E-state index in [-0.39, 0.29) is 11.4 Å². The molecule has 1 aromatic heterocycles. The Labute approximate surface area is 85.9 Å². The fourth-order valence-electron chi connectivity index (χ4n) is 1.22. The van der Waals surface area contributed by atoms with Crippen molar-refractivity contribution < 1.29 is 12.8 Å². The number of nitrogens with zero attached hydrogens (tertiary/aromatic N) is 1. The number of primary sulfonamides is 1. The van der Waals surface area contributed by atoms with E-state index in [9.17, 15) is 8.42 Å². The predicted molar refractivity (Wildman–Crippen MR) is 53.3 cm³/mol. The maximum absolute atomic E-state index is 11.0. The van der Waals surface area contributed by atoms with Gasteiger partial charge in [-0.2, -0.15) is 0 Å². The van der Waals surface area contributed by atoms with Gasteiger partial charge < -0.3 is 10.2 Å². The SMILES string of the molecule is NCc1nc2cc(S(N)(=O)=O)ccc2o1. The third kappa shape index (κ3) is 1.84. The minimum atomic E-state index is -3.70. The summed E-state index contributed by atoms with van der Waals surface area (Å²) < 4.78 is 27.3. The van der Waals surface area contributed by atoms with E-state index in [1.54, 1.807) is 0 Å². The molecule has 0 bridgehead atoms.